The number of unbranched alkanes of at least 4 members (excludes halogenated alkanes) is 2. The van der Waals surface area contributed by atoms with Gasteiger partial charge >= 0.3 is 0 Å². The standard InChI is InChI=1S/C25H37ClN2O2/c1-7-8-9-12-27-25(29)20(11-10-16(2)3)19-14-21-18(17(4)13-23(26)28-21)15-22(19)30-24(25,5)6/h13-16,20,27,29H,7-12H2,1-6H3/t20-,25+/m0/s1. The Hall–Kier alpha value is -1.36. The van der Waals surface area contributed by atoms with Crippen LogP contribution in [0.4, 0.5) is 0 Å². The van der Waals surface area contributed by atoms with Gasteiger partial charge in [-0.05, 0) is 69.8 Å². The van der Waals surface area contributed by atoms with Gasteiger partial charge in [-0.3, -0.25) is 5.32 Å². The van der Waals surface area contributed by atoms with E-state index in [1.54, 1.807) is 0 Å². The first-order valence-electron chi connectivity index (χ1n) is 11.4. The Labute approximate surface area is 186 Å². The molecule has 0 amide bonds. The molecule has 4 nitrogen and oxygen atoms in total. The summed E-state index contributed by atoms with van der Waals surface area (Å²) in [5.41, 5.74) is 1.01. The predicted octanol–water partition coefficient (Wildman–Crippen LogP) is 6.36. The van der Waals surface area contributed by atoms with Crippen LogP contribution in [0.2, 0.25) is 5.15 Å². The maximum Gasteiger partial charge on any atom is 0.162 e. The van der Waals surface area contributed by atoms with E-state index in [0.29, 0.717) is 11.1 Å². The van der Waals surface area contributed by atoms with Crippen molar-refractivity contribution in [1.29, 1.82) is 0 Å². The van der Waals surface area contributed by atoms with Crippen LogP contribution in [0.15, 0.2) is 18.2 Å². The van der Waals surface area contributed by atoms with Gasteiger partial charge in [0.05, 0.1) is 5.52 Å². The SMILES string of the molecule is CCCCCN[C@@]1(O)[C@@H](CCC(C)C)c2cc3nc(Cl)cc(C)c3cc2OC1(C)C. The normalized spacial score (nSPS) is 22.9. The second kappa shape index (κ2) is 9.02. The highest BCUT2D eigenvalue weighted by atomic mass is 35.5. The molecule has 0 radical (unpaired) electrons. The van der Waals surface area contributed by atoms with Crippen molar-refractivity contribution in [2.45, 2.75) is 90.9 Å². The van der Waals surface area contributed by atoms with Crippen LogP contribution in [0.3, 0.4) is 0 Å². The van der Waals surface area contributed by atoms with Gasteiger partial charge in [-0.25, -0.2) is 4.98 Å². The van der Waals surface area contributed by atoms with Crippen molar-refractivity contribution in [2.75, 3.05) is 6.54 Å². The number of halogens is 1. The fourth-order valence-corrected chi connectivity index (χ4v) is 4.86. The number of fused-ring (bicyclic) bond motifs is 2. The topological polar surface area (TPSA) is 54.4 Å². The Kier molecular flexibility index (Phi) is 7.01. The molecule has 1 aliphatic rings. The first kappa shape index (κ1) is 23.3. The molecule has 0 spiro atoms. The highest BCUT2D eigenvalue weighted by Gasteiger charge is 2.55. The lowest BCUT2D eigenvalue weighted by Gasteiger charge is -2.52. The molecule has 3 rings (SSSR count). The number of nitrogens with zero attached hydrogens (tertiary/aromatic N) is 1. The van der Waals surface area contributed by atoms with Crippen LogP contribution < -0.4 is 10.1 Å². The molecule has 2 N–H and O–H groups in total. The molecule has 1 aromatic heterocycles. The third kappa shape index (κ3) is 4.46. The summed E-state index contributed by atoms with van der Waals surface area (Å²) >= 11 is 6.24. The Morgan fingerprint density at radius 2 is 1.97 bits per heavy atom. The molecule has 0 aliphatic carbocycles. The average molecular weight is 433 g/mol. The van der Waals surface area contributed by atoms with Crippen LogP contribution >= 0.6 is 11.6 Å². The number of aromatic nitrogens is 1. The molecule has 0 fully saturated rings. The van der Waals surface area contributed by atoms with Crippen molar-refractivity contribution in [3.8, 4) is 5.75 Å². The molecule has 1 aliphatic heterocycles. The highest BCUT2D eigenvalue weighted by molar-refractivity contribution is 6.29. The lowest BCUT2D eigenvalue weighted by Crippen LogP contribution is -2.68. The van der Waals surface area contributed by atoms with Crippen LogP contribution in [0.1, 0.15) is 83.8 Å². The average Bonchev–Trinajstić information content (AvgIpc) is 2.64. The van der Waals surface area contributed by atoms with Gasteiger partial charge in [0.15, 0.2) is 5.72 Å². The van der Waals surface area contributed by atoms with Crippen LogP contribution in [-0.2, 0) is 0 Å². The van der Waals surface area contributed by atoms with Crippen LogP contribution in [0.25, 0.3) is 10.9 Å². The van der Waals surface area contributed by atoms with Crippen molar-refractivity contribution >= 4 is 22.5 Å². The first-order chi connectivity index (χ1) is 14.1. The van der Waals surface area contributed by atoms with E-state index < -0.39 is 11.3 Å². The summed E-state index contributed by atoms with van der Waals surface area (Å²) in [5.74, 6) is 1.30. The molecular formula is C25H37ClN2O2. The molecular weight excluding hydrogens is 396 g/mol. The fraction of sp³-hybridized carbons (Fsp3) is 0.640. The minimum Gasteiger partial charge on any atom is -0.483 e. The van der Waals surface area contributed by atoms with Gasteiger partial charge in [-0.1, -0.05) is 51.6 Å². The van der Waals surface area contributed by atoms with E-state index in [1.165, 1.54) is 0 Å². The largest absolute Gasteiger partial charge is 0.483 e. The Balaban J connectivity index is 2.10. The summed E-state index contributed by atoms with van der Waals surface area (Å²) in [7, 11) is 0. The number of pyridine rings is 1. The molecule has 1 aromatic carbocycles. The molecule has 2 aromatic rings. The van der Waals surface area contributed by atoms with Gasteiger partial charge in [0.2, 0.25) is 0 Å². The Morgan fingerprint density at radius 3 is 2.63 bits per heavy atom. The van der Waals surface area contributed by atoms with E-state index in [0.717, 1.165) is 66.4 Å². The second-order valence-corrected chi connectivity index (χ2v) is 10.1. The molecule has 0 saturated carbocycles. The summed E-state index contributed by atoms with van der Waals surface area (Å²) in [6.07, 6.45) is 5.23. The fourth-order valence-electron chi connectivity index (χ4n) is 4.61. The van der Waals surface area contributed by atoms with Crippen molar-refractivity contribution < 1.29 is 9.84 Å². The summed E-state index contributed by atoms with van der Waals surface area (Å²) in [5, 5.41) is 17.0. The van der Waals surface area contributed by atoms with E-state index in [9.17, 15) is 5.11 Å². The molecule has 5 heteroatoms. The first-order valence-corrected chi connectivity index (χ1v) is 11.7. The van der Waals surface area contributed by atoms with Crippen LogP contribution in [0, 0.1) is 12.8 Å². The van der Waals surface area contributed by atoms with Crippen LogP contribution in [0.5, 0.6) is 5.75 Å². The molecule has 30 heavy (non-hydrogen) atoms. The maximum absolute atomic E-state index is 12.0. The maximum atomic E-state index is 12.0. The van der Waals surface area contributed by atoms with Gasteiger partial charge in [-0.2, -0.15) is 0 Å². The lowest BCUT2D eigenvalue weighted by atomic mass is 9.72. The molecule has 2 heterocycles. The van der Waals surface area contributed by atoms with Gasteiger partial charge in [0.1, 0.15) is 16.5 Å². The number of ether oxygens (including phenoxy) is 1. The van der Waals surface area contributed by atoms with Crippen molar-refractivity contribution in [3.63, 3.8) is 0 Å². The highest BCUT2D eigenvalue weighted by Crippen LogP contribution is 2.50. The van der Waals surface area contributed by atoms with E-state index in [-0.39, 0.29) is 5.92 Å². The smallest absolute Gasteiger partial charge is 0.162 e. The third-order valence-corrected chi connectivity index (χ3v) is 6.68. The molecule has 2 atom stereocenters. The van der Waals surface area contributed by atoms with E-state index in [4.69, 9.17) is 16.3 Å². The second-order valence-electron chi connectivity index (χ2n) is 9.71. The van der Waals surface area contributed by atoms with Crippen molar-refractivity contribution in [3.05, 3.63) is 34.5 Å². The zero-order valence-electron chi connectivity index (χ0n) is 19.3. The van der Waals surface area contributed by atoms with Crippen LogP contribution in [-0.4, -0.2) is 28.0 Å². The number of benzene rings is 1. The summed E-state index contributed by atoms with van der Waals surface area (Å²) < 4.78 is 6.45. The summed E-state index contributed by atoms with van der Waals surface area (Å²) in [6, 6.07) is 6.03. The van der Waals surface area contributed by atoms with E-state index in [1.807, 2.05) is 26.8 Å². The minimum absolute atomic E-state index is 0.0919. The molecule has 0 unspecified atom stereocenters. The molecule has 0 bridgehead atoms. The number of rotatable bonds is 8. The van der Waals surface area contributed by atoms with Gasteiger partial charge < -0.3 is 9.84 Å². The van der Waals surface area contributed by atoms with Gasteiger partial charge in [0.25, 0.3) is 0 Å². The van der Waals surface area contributed by atoms with Gasteiger partial charge in [0, 0.05) is 16.9 Å². The zero-order valence-corrected chi connectivity index (χ0v) is 20.1. The predicted molar refractivity (Wildman–Crippen MR) is 125 cm³/mol. The van der Waals surface area contributed by atoms with Crippen molar-refractivity contribution in [1.82, 2.24) is 10.3 Å². The van der Waals surface area contributed by atoms with E-state index >= 15 is 0 Å². The number of hydrogen-bond donors (Lipinski definition) is 2. The summed E-state index contributed by atoms with van der Waals surface area (Å²) in [4.78, 5) is 4.55. The van der Waals surface area contributed by atoms with Gasteiger partial charge in [-0.15, -0.1) is 0 Å². The number of nitrogens with one attached hydrogen (secondary N) is 1. The van der Waals surface area contributed by atoms with E-state index in [2.05, 4.69) is 43.2 Å². The zero-order chi connectivity index (χ0) is 22.1. The monoisotopic (exact) mass is 432 g/mol. The lowest BCUT2D eigenvalue weighted by molar-refractivity contribution is -0.167. The molecule has 166 valence electrons. The Morgan fingerprint density at radius 1 is 1.23 bits per heavy atom. The summed E-state index contributed by atoms with van der Waals surface area (Å²) in [6.45, 7) is 13.4. The quantitative estimate of drug-likeness (QED) is 0.289. The third-order valence-electron chi connectivity index (χ3n) is 6.49. The Bertz CT molecular complexity index is 896. The number of aryl methyl sites for hydroxylation is 1. The number of hydrogen-bond acceptors (Lipinski definition) is 4. The number of aliphatic hydroxyl groups is 1. The minimum atomic E-state index is -1.16. The van der Waals surface area contributed by atoms with Crippen molar-refractivity contribution in [2.24, 2.45) is 5.92 Å². The molecule has 0 saturated heterocycles.